The molecule has 2 aromatic carbocycles. The first-order valence-corrected chi connectivity index (χ1v) is 14.6. The van der Waals surface area contributed by atoms with Gasteiger partial charge >= 0.3 is 11.9 Å². The van der Waals surface area contributed by atoms with Gasteiger partial charge in [-0.2, -0.15) is 0 Å². The number of benzene rings is 2. The fourth-order valence-electron chi connectivity index (χ4n) is 5.10. The Kier molecular flexibility index (Phi) is 12.0. The molecule has 2 saturated heterocycles. The number of hydrogen-bond acceptors (Lipinski definition) is 16. The van der Waals surface area contributed by atoms with Gasteiger partial charge in [0.1, 0.15) is 30.5 Å². The van der Waals surface area contributed by atoms with Gasteiger partial charge in [-0.15, -0.1) is 0 Å². The summed E-state index contributed by atoms with van der Waals surface area (Å²) in [6, 6.07) is 7.95. The Morgan fingerprint density at radius 1 is 0.809 bits per heavy atom. The topological polar surface area (TPSA) is 251 Å². The molecule has 2 heterocycles. The van der Waals surface area contributed by atoms with E-state index in [2.05, 4.69) is 0 Å². The predicted molar refractivity (Wildman–Crippen MR) is 157 cm³/mol. The summed E-state index contributed by atoms with van der Waals surface area (Å²) in [5.74, 6) is -3.17. The van der Waals surface area contributed by atoms with Gasteiger partial charge in [0.15, 0.2) is 47.8 Å². The lowest BCUT2D eigenvalue weighted by atomic mass is 9.96. The number of aliphatic hydroxyl groups excluding tert-OH is 4. The van der Waals surface area contributed by atoms with E-state index in [1.165, 1.54) is 43.3 Å². The lowest BCUT2D eigenvalue weighted by Crippen LogP contribution is -2.65. The molecule has 0 bridgehead atoms. The molecule has 10 atom stereocenters. The van der Waals surface area contributed by atoms with Gasteiger partial charge in [0.05, 0.1) is 19.3 Å². The summed E-state index contributed by atoms with van der Waals surface area (Å²) in [5, 5.41) is 81.5. The summed E-state index contributed by atoms with van der Waals surface area (Å²) in [6.45, 7) is 1.72. The van der Waals surface area contributed by atoms with Crippen LogP contribution in [0.5, 0.6) is 23.0 Å². The second-order valence-corrected chi connectivity index (χ2v) is 11.0. The number of rotatable bonds is 11. The van der Waals surface area contributed by atoms with Crippen molar-refractivity contribution in [3.63, 3.8) is 0 Å². The van der Waals surface area contributed by atoms with Crippen LogP contribution in [0.4, 0.5) is 0 Å². The van der Waals surface area contributed by atoms with E-state index < -0.39 is 85.7 Å². The molecule has 47 heavy (non-hydrogen) atoms. The summed E-state index contributed by atoms with van der Waals surface area (Å²) in [4.78, 5) is 24.4. The number of phenols is 4. The van der Waals surface area contributed by atoms with Crippen LogP contribution in [0.2, 0.25) is 0 Å². The first kappa shape index (κ1) is 35.8. The Morgan fingerprint density at radius 3 is 2.13 bits per heavy atom. The zero-order valence-electron chi connectivity index (χ0n) is 25.4. The number of aliphatic hydroxyl groups is 4. The Bertz CT molecular complexity index is 1410. The molecular weight excluding hydrogens is 628 g/mol. The molecule has 258 valence electrons. The van der Waals surface area contributed by atoms with Crippen LogP contribution in [-0.2, 0) is 44.4 Å². The van der Waals surface area contributed by atoms with Crippen molar-refractivity contribution in [2.24, 2.45) is 0 Å². The molecule has 2 fully saturated rings. The second-order valence-electron chi connectivity index (χ2n) is 11.0. The van der Waals surface area contributed by atoms with Crippen LogP contribution in [-0.4, -0.2) is 127 Å². The van der Waals surface area contributed by atoms with Gasteiger partial charge in [-0.05, 0) is 54.8 Å². The van der Waals surface area contributed by atoms with Gasteiger partial charge < -0.3 is 69.3 Å². The maximum absolute atomic E-state index is 12.9. The normalized spacial score (nSPS) is 31.0. The SMILES string of the molecule is CC(=O)OC1C(C)OC(OC2C(O)C(OCCc3ccc(O)c(O)c3)OC(CO)C2OC(=O)C=Cc2ccc(O)c(O)c2)C(O)C1O. The fourth-order valence-corrected chi connectivity index (χ4v) is 5.10. The van der Waals surface area contributed by atoms with Crippen molar-refractivity contribution in [2.45, 2.75) is 81.7 Å². The second kappa shape index (κ2) is 15.7. The zero-order chi connectivity index (χ0) is 34.4. The first-order valence-electron chi connectivity index (χ1n) is 14.6. The van der Waals surface area contributed by atoms with E-state index in [4.69, 9.17) is 28.4 Å². The molecule has 2 aromatic rings. The molecule has 8 N–H and O–H groups in total. The third kappa shape index (κ3) is 8.88. The minimum absolute atomic E-state index is 0.0914. The average molecular weight is 667 g/mol. The lowest BCUT2D eigenvalue weighted by Gasteiger charge is -2.46. The van der Waals surface area contributed by atoms with Crippen molar-refractivity contribution in [1.82, 2.24) is 0 Å². The Hall–Kier alpha value is -4.00. The van der Waals surface area contributed by atoms with Crippen LogP contribution >= 0.6 is 0 Å². The molecule has 0 saturated carbocycles. The molecular formula is C31H38O16. The van der Waals surface area contributed by atoms with Crippen LogP contribution in [0.25, 0.3) is 6.08 Å². The van der Waals surface area contributed by atoms with Gasteiger partial charge in [-0.25, -0.2) is 4.79 Å². The summed E-state index contributed by atoms with van der Waals surface area (Å²) >= 11 is 0. The van der Waals surface area contributed by atoms with Gasteiger partial charge in [-0.3, -0.25) is 4.79 Å². The summed E-state index contributed by atoms with van der Waals surface area (Å²) in [7, 11) is 0. The highest BCUT2D eigenvalue weighted by atomic mass is 16.7. The molecule has 4 rings (SSSR count). The predicted octanol–water partition coefficient (Wildman–Crippen LogP) is -0.445. The van der Waals surface area contributed by atoms with Crippen LogP contribution in [0.3, 0.4) is 0 Å². The van der Waals surface area contributed by atoms with Crippen molar-refractivity contribution in [2.75, 3.05) is 13.2 Å². The first-order chi connectivity index (χ1) is 22.3. The summed E-state index contributed by atoms with van der Waals surface area (Å²) in [5.41, 5.74) is 0.893. The average Bonchev–Trinajstić information content (AvgIpc) is 3.02. The van der Waals surface area contributed by atoms with E-state index in [9.17, 15) is 50.4 Å². The van der Waals surface area contributed by atoms with E-state index in [1.807, 2.05) is 0 Å². The molecule has 0 spiro atoms. The monoisotopic (exact) mass is 666 g/mol. The smallest absolute Gasteiger partial charge is 0.331 e. The van der Waals surface area contributed by atoms with Gasteiger partial charge in [-0.1, -0.05) is 12.1 Å². The maximum Gasteiger partial charge on any atom is 0.331 e. The number of ether oxygens (including phenoxy) is 6. The number of hydrogen-bond donors (Lipinski definition) is 8. The molecule has 0 aromatic heterocycles. The maximum atomic E-state index is 12.9. The highest BCUT2D eigenvalue weighted by Gasteiger charge is 2.53. The van der Waals surface area contributed by atoms with Crippen molar-refractivity contribution in [1.29, 1.82) is 0 Å². The van der Waals surface area contributed by atoms with Crippen molar-refractivity contribution >= 4 is 18.0 Å². The van der Waals surface area contributed by atoms with Crippen LogP contribution in [0.15, 0.2) is 42.5 Å². The van der Waals surface area contributed by atoms with E-state index in [0.29, 0.717) is 11.1 Å². The number of esters is 2. The third-order valence-electron chi connectivity index (χ3n) is 7.54. The lowest BCUT2D eigenvalue weighted by molar-refractivity contribution is -0.357. The van der Waals surface area contributed by atoms with E-state index in [1.54, 1.807) is 6.07 Å². The Morgan fingerprint density at radius 2 is 1.49 bits per heavy atom. The van der Waals surface area contributed by atoms with Gasteiger partial charge in [0.2, 0.25) is 0 Å². The molecule has 10 unspecified atom stereocenters. The minimum atomic E-state index is -1.81. The highest BCUT2D eigenvalue weighted by Crippen LogP contribution is 2.33. The van der Waals surface area contributed by atoms with Gasteiger partial charge in [0.25, 0.3) is 0 Å². The van der Waals surface area contributed by atoms with E-state index in [-0.39, 0.29) is 30.3 Å². The molecule has 2 aliphatic rings. The van der Waals surface area contributed by atoms with Crippen molar-refractivity contribution in [3.8, 4) is 23.0 Å². The standard InChI is InChI=1S/C31H38O16/c1-14-27(44-15(2)33)24(39)25(40)31(43-14)47-29-26(41)30(42-10-9-17-4-7-19(35)21(37)12-17)45-22(13-32)28(29)46-23(38)8-5-16-3-6-18(34)20(36)11-16/h3-8,11-12,14,22,24-32,34-37,39-41H,9-10,13H2,1-2H3. The molecule has 2 aliphatic heterocycles. The molecule has 0 radical (unpaired) electrons. The molecule has 0 amide bonds. The van der Waals surface area contributed by atoms with E-state index >= 15 is 0 Å². The van der Waals surface area contributed by atoms with Crippen LogP contribution in [0.1, 0.15) is 25.0 Å². The zero-order valence-corrected chi connectivity index (χ0v) is 25.4. The minimum Gasteiger partial charge on any atom is -0.504 e. The summed E-state index contributed by atoms with van der Waals surface area (Å²) < 4.78 is 33.6. The van der Waals surface area contributed by atoms with Crippen molar-refractivity contribution in [3.05, 3.63) is 53.6 Å². The number of carbonyl (C=O) groups excluding carboxylic acids is 2. The van der Waals surface area contributed by atoms with Gasteiger partial charge in [0, 0.05) is 13.0 Å². The molecule has 16 nitrogen and oxygen atoms in total. The molecule has 0 aliphatic carbocycles. The fraction of sp³-hybridized carbons (Fsp3) is 0.484. The number of aromatic hydroxyl groups is 4. The Labute approximate surface area is 268 Å². The largest absolute Gasteiger partial charge is 0.504 e. The molecule has 16 heteroatoms. The van der Waals surface area contributed by atoms with Crippen LogP contribution in [0, 0.1) is 0 Å². The van der Waals surface area contributed by atoms with E-state index in [0.717, 1.165) is 13.0 Å². The highest BCUT2D eigenvalue weighted by molar-refractivity contribution is 5.87. The van der Waals surface area contributed by atoms with Crippen LogP contribution < -0.4 is 0 Å². The number of carbonyl (C=O) groups is 2. The number of phenolic OH excluding ortho intramolecular Hbond substituents is 4. The Balaban J connectivity index is 1.54. The third-order valence-corrected chi connectivity index (χ3v) is 7.54. The summed E-state index contributed by atoms with van der Waals surface area (Å²) in [6.07, 6.45) is -12.6. The quantitative estimate of drug-likeness (QED) is 0.0859. The van der Waals surface area contributed by atoms with Crippen molar-refractivity contribution < 1.29 is 78.9 Å².